The smallest absolute Gasteiger partial charge is 0.197 e. The van der Waals surface area contributed by atoms with E-state index in [0.29, 0.717) is 28.4 Å². The molecule has 1 aliphatic heterocycles. The molecular formula is C43H38BNO2. The van der Waals surface area contributed by atoms with Crippen LogP contribution < -0.4 is 10.4 Å². The third-order valence-corrected chi connectivity index (χ3v) is 9.85. The molecule has 1 heterocycles. The van der Waals surface area contributed by atoms with Crippen LogP contribution in [0.3, 0.4) is 0 Å². The van der Waals surface area contributed by atoms with E-state index in [1.54, 1.807) is 24.3 Å². The van der Waals surface area contributed by atoms with Gasteiger partial charge in [0.05, 0.1) is 16.9 Å². The van der Waals surface area contributed by atoms with Gasteiger partial charge in [0.25, 0.3) is 0 Å². The monoisotopic (exact) mass is 611 g/mol. The second kappa shape index (κ2) is 11.4. The van der Waals surface area contributed by atoms with Gasteiger partial charge >= 0.3 is 0 Å². The van der Waals surface area contributed by atoms with Gasteiger partial charge < -0.3 is 4.90 Å². The number of carbonyl (C=O) groups excluding carboxylic acids is 2. The number of Topliss-reactive ketones (excluding diaryl/α,β-unsaturated/α-hetero) is 2. The minimum atomic E-state index is -0.383. The minimum absolute atomic E-state index is 0.174. The molecule has 0 saturated carbocycles. The van der Waals surface area contributed by atoms with Crippen LogP contribution in [0, 0.1) is 0 Å². The molecule has 4 heteroatoms. The van der Waals surface area contributed by atoms with Crippen molar-refractivity contribution in [1.82, 2.24) is 0 Å². The topological polar surface area (TPSA) is 37.4 Å². The van der Waals surface area contributed by atoms with Crippen molar-refractivity contribution in [1.29, 1.82) is 0 Å². The summed E-state index contributed by atoms with van der Waals surface area (Å²) in [5, 5.41) is 0. The molecule has 1 aliphatic carbocycles. The third-order valence-electron chi connectivity index (χ3n) is 9.85. The van der Waals surface area contributed by atoms with Gasteiger partial charge in [0.2, 0.25) is 0 Å². The fraction of sp³-hybridized carbons (Fsp3) is 0.209. The van der Waals surface area contributed by atoms with Gasteiger partial charge in [-0.3, -0.25) is 9.59 Å². The van der Waals surface area contributed by atoms with Crippen molar-refractivity contribution in [3.05, 3.63) is 148 Å². The standard InChI is InChI=1S/C43H38BNO2/c1-25(2)31-13-10-14-32(26(3)4)40(31)28-16-20-39-37(23-28)43(5,6)36-22-27(15-19-38(36)45(39)30-11-8-7-9-12-30)21-35-41(46)33-18-17-29(44)24-34(33)42(35)47/h7-26H,1-6H3/b35-21-. The normalized spacial score (nSPS) is 15.7. The average molecular weight is 612 g/mol. The predicted molar refractivity (Wildman–Crippen MR) is 195 cm³/mol. The predicted octanol–water partition coefficient (Wildman–Crippen LogP) is 9.97. The Bertz CT molecular complexity index is 2090. The van der Waals surface area contributed by atoms with E-state index < -0.39 is 0 Å². The van der Waals surface area contributed by atoms with Crippen molar-refractivity contribution < 1.29 is 9.59 Å². The molecule has 0 aromatic heterocycles. The highest BCUT2D eigenvalue weighted by molar-refractivity contribution is 6.43. The lowest BCUT2D eigenvalue weighted by atomic mass is 9.72. The molecule has 0 fully saturated rings. The lowest BCUT2D eigenvalue weighted by Gasteiger charge is -2.42. The molecule has 0 atom stereocenters. The van der Waals surface area contributed by atoms with Crippen molar-refractivity contribution in [3.8, 4) is 11.1 Å². The van der Waals surface area contributed by atoms with Crippen LogP contribution in [0.2, 0.25) is 0 Å². The molecular weight excluding hydrogens is 573 g/mol. The van der Waals surface area contributed by atoms with Crippen LogP contribution in [0.5, 0.6) is 0 Å². The van der Waals surface area contributed by atoms with Gasteiger partial charge in [0.15, 0.2) is 11.6 Å². The second-order valence-corrected chi connectivity index (χ2v) is 13.9. The van der Waals surface area contributed by atoms with Gasteiger partial charge in [0.1, 0.15) is 7.85 Å². The number of hydrogen-bond acceptors (Lipinski definition) is 3. The Morgan fingerprint density at radius 2 is 1.28 bits per heavy atom. The molecule has 0 bridgehead atoms. The maximum Gasteiger partial charge on any atom is 0.197 e. The summed E-state index contributed by atoms with van der Waals surface area (Å²) in [7, 11) is 5.95. The van der Waals surface area contributed by atoms with Crippen molar-refractivity contribution in [2.24, 2.45) is 0 Å². The summed E-state index contributed by atoms with van der Waals surface area (Å²) in [5.74, 6) is 0.231. The molecule has 47 heavy (non-hydrogen) atoms. The molecule has 0 unspecified atom stereocenters. The van der Waals surface area contributed by atoms with Crippen LogP contribution in [-0.2, 0) is 5.41 Å². The van der Waals surface area contributed by atoms with Crippen LogP contribution >= 0.6 is 0 Å². The van der Waals surface area contributed by atoms with Crippen LogP contribution in [0.4, 0.5) is 17.1 Å². The number of para-hydroxylation sites is 1. The molecule has 3 nitrogen and oxygen atoms in total. The maximum absolute atomic E-state index is 13.4. The second-order valence-electron chi connectivity index (χ2n) is 13.9. The van der Waals surface area contributed by atoms with Crippen LogP contribution in [-0.4, -0.2) is 19.4 Å². The summed E-state index contributed by atoms with van der Waals surface area (Å²) in [4.78, 5) is 29.0. The van der Waals surface area contributed by atoms with E-state index in [1.807, 2.05) is 12.1 Å². The zero-order chi connectivity index (χ0) is 33.2. The summed E-state index contributed by atoms with van der Waals surface area (Å²) >= 11 is 0. The number of fused-ring (bicyclic) bond motifs is 3. The Morgan fingerprint density at radius 1 is 0.660 bits per heavy atom. The highest BCUT2D eigenvalue weighted by Crippen LogP contribution is 2.53. The van der Waals surface area contributed by atoms with Crippen LogP contribution in [0.25, 0.3) is 17.2 Å². The van der Waals surface area contributed by atoms with Crippen molar-refractivity contribution in [3.63, 3.8) is 0 Å². The van der Waals surface area contributed by atoms with Crippen molar-refractivity contribution in [2.75, 3.05) is 4.90 Å². The van der Waals surface area contributed by atoms with Crippen LogP contribution in [0.15, 0.2) is 109 Å². The van der Waals surface area contributed by atoms with Gasteiger partial charge in [-0.2, -0.15) is 0 Å². The summed E-state index contributed by atoms with van der Waals surface area (Å²) in [5.41, 5.74) is 12.8. The van der Waals surface area contributed by atoms with Crippen LogP contribution in [0.1, 0.15) is 102 Å². The van der Waals surface area contributed by atoms with Gasteiger partial charge in [-0.25, -0.2) is 0 Å². The lowest BCUT2D eigenvalue weighted by Crippen LogP contribution is -2.30. The summed E-state index contributed by atoms with van der Waals surface area (Å²) in [6, 6.07) is 35.3. The number of hydrogen-bond donors (Lipinski definition) is 0. The highest BCUT2D eigenvalue weighted by atomic mass is 16.2. The minimum Gasteiger partial charge on any atom is -0.310 e. The van der Waals surface area contributed by atoms with E-state index in [4.69, 9.17) is 7.85 Å². The largest absolute Gasteiger partial charge is 0.310 e. The summed E-state index contributed by atoms with van der Waals surface area (Å²) < 4.78 is 0. The molecule has 0 N–H and O–H groups in total. The van der Waals surface area contributed by atoms with E-state index in [1.165, 1.54) is 27.8 Å². The molecule has 230 valence electrons. The molecule has 5 aromatic rings. The first-order valence-electron chi connectivity index (χ1n) is 16.5. The molecule has 5 aromatic carbocycles. The van der Waals surface area contributed by atoms with E-state index in [-0.39, 0.29) is 22.6 Å². The highest BCUT2D eigenvalue weighted by Gasteiger charge is 2.38. The maximum atomic E-state index is 13.4. The Balaban J connectivity index is 1.42. The van der Waals surface area contributed by atoms with Gasteiger partial charge in [-0.05, 0) is 93.3 Å². The van der Waals surface area contributed by atoms with Crippen molar-refractivity contribution in [2.45, 2.75) is 58.8 Å². The first kappa shape index (κ1) is 30.7. The first-order valence-corrected chi connectivity index (χ1v) is 16.5. The number of benzene rings is 5. The number of allylic oxidation sites excluding steroid dienone is 1. The Kier molecular flexibility index (Phi) is 7.43. The van der Waals surface area contributed by atoms with E-state index in [0.717, 1.165) is 28.2 Å². The fourth-order valence-corrected chi connectivity index (χ4v) is 7.38. The zero-order valence-electron chi connectivity index (χ0n) is 27.9. The Labute approximate surface area is 279 Å². The number of ketones is 2. The molecule has 0 spiro atoms. The quantitative estimate of drug-likeness (QED) is 0.113. The fourth-order valence-electron chi connectivity index (χ4n) is 7.38. The summed E-state index contributed by atoms with van der Waals surface area (Å²) in [6.07, 6.45) is 1.74. The van der Waals surface area contributed by atoms with E-state index >= 15 is 0 Å². The molecule has 0 amide bonds. The summed E-state index contributed by atoms with van der Waals surface area (Å²) in [6.45, 7) is 13.6. The SMILES string of the molecule is [B]c1ccc2c(c1)C(=O)/C(=C\c1ccc3c(c1)C(C)(C)c1cc(-c4c(C(C)C)cccc4C(C)C)ccc1N3c1ccccc1)C2=O. The van der Waals surface area contributed by atoms with E-state index in [2.05, 4.69) is 119 Å². The van der Waals surface area contributed by atoms with Gasteiger partial charge in [-0.1, -0.05) is 114 Å². The molecule has 7 rings (SSSR count). The van der Waals surface area contributed by atoms with Crippen molar-refractivity contribution >= 4 is 48.0 Å². The molecule has 0 saturated heterocycles. The number of carbonyl (C=O) groups is 2. The third kappa shape index (κ3) is 4.98. The molecule has 2 aliphatic rings. The zero-order valence-corrected chi connectivity index (χ0v) is 27.9. The van der Waals surface area contributed by atoms with Gasteiger partial charge in [-0.15, -0.1) is 0 Å². The van der Waals surface area contributed by atoms with Gasteiger partial charge in [0, 0.05) is 22.2 Å². The average Bonchev–Trinajstić information content (AvgIpc) is 3.29. The number of anilines is 3. The lowest BCUT2D eigenvalue weighted by molar-refractivity contribution is 0.0990. The van der Waals surface area contributed by atoms with E-state index in [9.17, 15) is 9.59 Å². The number of nitrogens with zero attached hydrogens (tertiary/aromatic N) is 1. The number of rotatable bonds is 5. The Hall–Kier alpha value is -4.96. The first-order chi connectivity index (χ1) is 22.5. The Morgan fingerprint density at radius 3 is 1.94 bits per heavy atom. The molecule has 2 radical (unpaired) electrons.